The van der Waals surface area contributed by atoms with E-state index in [9.17, 15) is 9.59 Å². The monoisotopic (exact) mass is 728 g/mol. The SMILES string of the molecule is COc1ccc2c(c1)c(CC(=O)NCCCCCCNc1cc3oc4cc(=[N+](C)C)ccc-4nc3c3ccccc13)c(C)n2C(=O)c1ccc(Cl)cc1. The molecule has 0 bridgehead atoms. The molecule has 9 nitrogen and oxygen atoms in total. The van der Waals surface area contributed by atoms with E-state index in [1.54, 1.807) is 35.9 Å². The van der Waals surface area contributed by atoms with Crippen LogP contribution in [0.15, 0.2) is 95.4 Å². The third kappa shape index (κ3) is 7.48. The van der Waals surface area contributed by atoms with E-state index in [-0.39, 0.29) is 18.2 Å². The number of carbonyl (C=O) groups excluding carboxylic acids is 2. The highest BCUT2D eigenvalue weighted by atomic mass is 35.5. The number of methoxy groups -OCH3 is 1. The number of ether oxygens (including phenoxy) is 1. The number of hydrogen-bond donors (Lipinski definition) is 2. The number of fused-ring (bicyclic) bond motifs is 5. The van der Waals surface area contributed by atoms with Crippen LogP contribution in [0, 0.1) is 6.92 Å². The van der Waals surface area contributed by atoms with Crippen LogP contribution >= 0.6 is 11.6 Å². The average Bonchev–Trinajstić information content (AvgIpc) is 3.44. The Hall–Kier alpha value is -5.67. The number of nitrogens with one attached hydrogen (secondary N) is 2. The number of anilines is 1. The van der Waals surface area contributed by atoms with Gasteiger partial charge < -0.3 is 19.8 Å². The van der Waals surface area contributed by atoms with Crippen LogP contribution < -0.4 is 25.3 Å². The van der Waals surface area contributed by atoms with E-state index in [1.807, 2.05) is 63.5 Å². The van der Waals surface area contributed by atoms with Gasteiger partial charge in [-0.3, -0.25) is 14.2 Å². The first-order valence-corrected chi connectivity index (χ1v) is 18.3. The van der Waals surface area contributed by atoms with Crippen molar-refractivity contribution in [3.63, 3.8) is 0 Å². The van der Waals surface area contributed by atoms with Crippen LogP contribution in [-0.4, -0.2) is 55.7 Å². The van der Waals surface area contributed by atoms with Crippen molar-refractivity contribution in [2.45, 2.75) is 39.0 Å². The highest BCUT2D eigenvalue weighted by Crippen LogP contribution is 2.34. The maximum absolute atomic E-state index is 13.6. The van der Waals surface area contributed by atoms with Gasteiger partial charge in [0.15, 0.2) is 11.3 Å². The lowest BCUT2D eigenvalue weighted by molar-refractivity contribution is -0.120. The molecule has 2 N–H and O–H groups in total. The maximum atomic E-state index is 13.6. The zero-order chi connectivity index (χ0) is 37.1. The maximum Gasteiger partial charge on any atom is 0.262 e. The molecule has 5 aromatic rings. The Balaban J connectivity index is 0.945. The molecule has 0 spiro atoms. The number of unbranched alkanes of at least 4 members (excludes halogenated alkanes) is 3. The van der Waals surface area contributed by atoms with E-state index >= 15 is 0 Å². The number of hydrogen-bond acceptors (Lipinski definition) is 6. The molecular weight excluding hydrogens is 686 g/mol. The third-order valence-corrected chi connectivity index (χ3v) is 10.1. The number of carbonyl (C=O) groups is 2. The van der Waals surface area contributed by atoms with Crippen molar-refractivity contribution < 1.29 is 18.7 Å². The van der Waals surface area contributed by atoms with Gasteiger partial charge in [-0.05, 0) is 73.9 Å². The Labute approximate surface area is 313 Å². The molecule has 0 saturated carbocycles. The predicted molar refractivity (Wildman–Crippen MR) is 213 cm³/mol. The van der Waals surface area contributed by atoms with Crippen LogP contribution in [-0.2, 0) is 11.2 Å². The molecule has 0 atom stereocenters. The molecule has 0 saturated heterocycles. The molecule has 0 fully saturated rings. The molecule has 2 aliphatic rings. The Kier molecular flexibility index (Phi) is 10.5. The zero-order valence-electron chi connectivity index (χ0n) is 30.5. The van der Waals surface area contributed by atoms with Gasteiger partial charge in [0.2, 0.25) is 11.3 Å². The fourth-order valence-electron chi connectivity index (χ4n) is 6.94. The summed E-state index contributed by atoms with van der Waals surface area (Å²) in [6.45, 7) is 3.28. The van der Waals surface area contributed by atoms with Gasteiger partial charge in [0.05, 0.1) is 25.1 Å². The van der Waals surface area contributed by atoms with Crippen molar-refractivity contribution in [3.05, 3.63) is 118 Å². The van der Waals surface area contributed by atoms with E-state index in [0.717, 1.165) is 98.8 Å². The van der Waals surface area contributed by atoms with Crippen molar-refractivity contribution in [2.24, 2.45) is 0 Å². The molecular formula is C43H43ClN5O4+. The van der Waals surface area contributed by atoms with Crippen LogP contribution in [0.2, 0.25) is 5.02 Å². The standard InChI is InChI=1S/C43H42ClN5O4/c1-27-34(35-24-31(52-4)18-20-38(35)49(27)43(51)28-13-15-29(44)16-14-28)25-41(50)46-22-10-6-5-9-21-45-37-26-40-42(33-12-8-7-11-32(33)37)47-36-19-17-30(48(2)3)23-39(36)53-40/h7-8,11-20,23-24,26H,5-6,9-10,21-22,25H2,1-4H3,(H,46,50)/p+1. The molecule has 270 valence electrons. The summed E-state index contributed by atoms with van der Waals surface area (Å²) >= 11 is 6.06. The second-order valence-electron chi connectivity index (χ2n) is 13.5. The Morgan fingerprint density at radius 2 is 1.62 bits per heavy atom. The normalized spacial score (nSPS) is 11.4. The van der Waals surface area contributed by atoms with Crippen LogP contribution in [0.3, 0.4) is 0 Å². The third-order valence-electron chi connectivity index (χ3n) is 9.81. The van der Waals surface area contributed by atoms with Crippen LogP contribution in [0.4, 0.5) is 5.69 Å². The van der Waals surface area contributed by atoms with Gasteiger partial charge in [0, 0.05) is 63.3 Å². The molecule has 2 heterocycles. The molecule has 4 aromatic carbocycles. The summed E-state index contributed by atoms with van der Waals surface area (Å²) in [5.41, 5.74) is 6.24. The van der Waals surface area contributed by atoms with Crippen molar-refractivity contribution in [1.82, 2.24) is 19.4 Å². The summed E-state index contributed by atoms with van der Waals surface area (Å²) in [4.78, 5) is 31.8. The van der Waals surface area contributed by atoms with Gasteiger partial charge in [-0.2, -0.15) is 0 Å². The summed E-state index contributed by atoms with van der Waals surface area (Å²) in [7, 11) is 5.63. The molecule has 0 unspecified atom stereocenters. The summed E-state index contributed by atoms with van der Waals surface area (Å²) < 4.78 is 15.6. The molecule has 1 aliphatic carbocycles. The van der Waals surface area contributed by atoms with Crippen molar-refractivity contribution >= 4 is 61.9 Å². The van der Waals surface area contributed by atoms with E-state index in [4.69, 9.17) is 25.7 Å². The molecule has 1 aromatic heterocycles. The highest BCUT2D eigenvalue weighted by molar-refractivity contribution is 6.30. The van der Waals surface area contributed by atoms with Crippen LogP contribution in [0.25, 0.3) is 44.2 Å². The lowest BCUT2D eigenvalue weighted by atomic mass is 10.1. The van der Waals surface area contributed by atoms with Crippen molar-refractivity contribution in [2.75, 3.05) is 39.6 Å². The summed E-state index contributed by atoms with van der Waals surface area (Å²) in [5, 5.41) is 11.3. The van der Waals surface area contributed by atoms with Crippen LogP contribution in [0.1, 0.15) is 47.3 Å². The fraction of sp³-hybridized carbons (Fsp3) is 0.256. The van der Waals surface area contributed by atoms with Gasteiger partial charge >= 0.3 is 0 Å². The summed E-state index contributed by atoms with van der Waals surface area (Å²) in [6, 6.07) is 28.8. The molecule has 1 aliphatic heterocycles. The lowest BCUT2D eigenvalue weighted by Gasteiger charge is -2.13. The van der Waals surface area contributed by atoms with Gasteiger partial charge in [-0.15, -0.1) is 0 Å². The summed E-state index contributed by atoms with van der Waals surface area (Å²) in [6.07, 6.45) is 4.04. The number of nitrogens with zero attached hydrogens (tertiary/aromatic N) is 3. The number of rotatable bonds is 12. The van der Waals surface area contributed by atoms with E-state index in [0.29, 0.717) is 22.9 Å². The molecule has 53 heavy (non-hydrogen) atoms. The molecule has 7 rings (SSSR count). The first-order valence-electron chi connectivity index (χ1n) is 18.0. The predicted octanol–water partition coefficient (Wildman–Crippen LogP) is 8.06. The smallest absolute Gasteiger partial charge is 0.262 e. The molecule has 1 amide bonds. The van der Waals surface area contributed by atoms with Gasteiger partial charge in [0.25, 0.3) is 5.91 Å². The Morgan fingerprint density at radius 1 is 0.868 bits per heavy atom. The average molecular weight is 729 g/mol. The Bertz CT molecular complexity index is 2510. The van der Waals surface area contributed by atoms with Gasteiger partial charge in [0.1, 0.15) is 31.1 Å². The largest absolute Gasteiger partial charge is 0.497 e. The zero-order valence-corrected chi connectivity index (χ0v) is 31.2. The lowest BCUT2D eigenvalue weighted by Crippen LogP contribution is -2.26. The minimum atomic E-state index is -0.177. The quantitative estimate of drug-likeness (QED) is 0.0572. The number of aromatic nitrogens is 2. The summed E-state index contributed by atoms with van der Waals surface area (Å²) in [5.74, 6) is 1.16. The number of benzene rings is 5. The molecule has 0 radical (unpaired) electrons. The number of amides is 1. The van der Waals surface area contributed by atoms with E-state index < -0.39 is 0 Å². The van der Waals surface area contributed by atoms with Crippen LogP contribution in [0.5, 0.6) is 5.75 Å². The van der Waals surface area contributed by atoms with Gasteiger partial charge in [-0.25, -0.2) is 9.56 Å². The van der Waals surface area contributed by atoms with E-state index in [2.05, 4.69) is 39.5 Å². The topological polar surface area (TPSA) is 101 Å². The first kappa shape index (κ1) is 35.7. The second-order valence-corrected chi connectivity index (χ2v) is 14.0. The molecule has 10 heteroatoms. The van der Waals surface area contributed by atoms with Crippen molar-refractivity contribution in [1.29, 1.82) is 0 Å². The van der Waals surface area contributed by atoms with Gasteiger partial charge in [-0.1, -0.05) is 48.7 Å². The number of halogens is 1. The second kappa shape index (κ2) is 15.5. The van der Waals surface area contributed by atoms with Crippen molar-refractivity contribution in [3.8, 4) is 17.2 Å². The minimum absolute atomic E-state index is 0.0793. The van der Waals surface area contributed by atoms with E-state index in [1.165, 1.54) is 0 Å². The Morgan fingerprint density at radius 3 is 2.38 bits per heavy atom. The first-order chi connectivity index (χ1) is 25.7. The highest BCUT2D eigenvalue weighted by Gasteiger charge is 2.22. The fourth-order valence-corrected chi connectivity index (χ4v) is 7.07. The minimum Gasteiger partial charge on any atom is -0.497 e.